The minimum atomic E-state index is -0.284. The summed E-state index contributed by atoms with van der Waals surface area (Å²) < 4.78 is 19.2. The molecule has 0 bridgehead atoms. The molecule has 0 aliphatic heterocycles. The van der Waals surface area contributed by atoms with E-state index in [0.29, 0.717) is 24.5 Å². The van der Waals surface area contributed by atoms with Crippen LogP contribution in [0.4, 0.5) is 4.39 Å². The smallest absolute Gasteiger partial charge is 0.254 e. The van der Waals surface area contributed by atoms with Gasteiger partial charge in [0.2, 0.25) is 0 Å². The number of nitrogens with zero attached hydrogens (tertiary/aromatic N) is 2. The van der Waals surface area contributed by atoms with Gasteiger partial charge in [0, 0.05) is 23.5 Å². The van der Waals surface area contributed by atoms with Gasteiger partial charge in [-0.25, -0.2) is 9.37 Å². The molecule has 0 atom stereocenters. The van der Waals surface area contributed by atoms with Crippen molar-refractivity contribution in [3.63, 3.8) is 0 Å². The van der Waals surface area contributed by atoms with Gasteiger partial charge in [0.05, 0.1) is 11.2 Å². The standard InChI is InChI=1S/C21H19FN2O2S/c22-17-5-1-3-15(9-17)11-24(19-7-8-19)21(25)16-4-2-6-20(10-16)26-12-18-13-27-14-23-18/h1-6,9-10,13-14,19H,7-8,11-12H2. The molecule has 4 nitrogen and oxygen atoms in total. The number of benzene rings is 2. The summed E-state index contributed by atoms with van der Waals surface area (Å²) >= 11 is 1.52. The summed E-state index contributed by atoms with van der Waals surface area (Å²) in [7, 11) is 0. The van der Waals surface area contributed by atoms with Gasteiger partial charge in [-0.05, 0) is 48.7 Å². The minimum Gasteiger partial charge on any atom is -0.487 e. The fourth-order valence-electron chi connectivity index (χ4n) is 2.94. The van der Waals surface area contributed by atoms with Crippen LogP contribution in [0.5, 0.6) is 5.75 Å². The second kappa shape index (κ2) is 7.88. The number of thiazole rings is 1. The molecular formula is C21H19FN2O2S. The normalized spacial score (nSPS) is 13.4. The predicted molar refractivity (Wildman–Crippen MR) is 102 cm³/mol. The van der Waals surface area contributed by atoms with Crippen LogP contribution in [0.1, 0.15) is 34.5 Å². The first kappa shape index (κ1) is 17.7. The van der Waals surface area contributed by atoms with Gasteiger partial charge in [-0.1, -0.05) is 18.2 Å². The molecule has 0 N–H and O–H groups in total. The zero-order valence-electron chi connectivity index (χ0n) is 14.7. The van der Waals surface area contributed by atoms with E-state index in [9.17, 15) is 9.18 Å². The molecular weight excluding hydrogens is 363 g/mol. The average molecular weight is 382 g/mol. The first-order chi connectivity index (χ1) is 13.2. The van der Waals surface area contributed by atoms with Crippen molar-refractivity contribution in [2.75, 3.05) is 0 Å². The number of rotatable bonds is 7. The summed E-state index contributed by atoms with van der Waals surface area (Å²) in [6.07, 6.45) is 1.97. The molecule has 1 aliphatic rings. The van der Waals surface area contributed by atoms with Crippen molar-refractivity contribution in [2.24, 2.45) is 0 Å². The number of halogens is 1. The van der Waals surface area contributed by atoms with Crippen LogP contribution in [0.15, 0.2) is 59.4 Å². The zero-order valence-corrected chi connectivity index (χ0v) is 15.5. The van der Waals surface area contributed by atoms with Crippen molar-refractivity contribution in [1.29, 1.82) is 0 Å². The third kappa shape index (κ3) is 4.52. The fourth-order valence-corrected chi connectivity index (χ4v) is 3.48. The van der Waals surface area contributed by atoms with Gasteiger partial charge < -0.3 is 9.64 Å². The van der Waals surface area contributed by atoms with Gasteiger partial charge in [0.15, 0.2) is 0 Å². The third-order valence-electron chi connectivity index (χ3n) is 4.44. The van der Waals surface area contributed by atoms with Gasteiger partial charge >= 0.3 is 0 Å². The topological polar surface area (TPSA) is 42.4 Å². The summed E-state index contributed by atoms with van der Waals surface area (Å²) in [5.41, 5.74) is 4.00. The number of amides is 1. The zero-order chi connectivity index (χ0) is 18.6. The SMILES string of the molecule is O=C(c1cccc(OCc2cscn2)c1)N(Cc1cccc(F)c1)C1CC1. The number of hydrogen-bond donors (Lipinski definition) is 0. The maximum Gasteiger partial charge on any atom is 0.254 e. The average Bonchev–Trinajstić information content (AvgIpc) is 3.39. The van der Waals surface area contributed by atoms with Crippen LogP contribution in [0.2, 0.25) is 0 Å². The molecule has 1 amide bonds. The molecule has 1 heterocycles. The largest absolute Gasteiger partial charge is 0.487 e. The van der Waals surface area contributed by atoms with Crippen molar-refractivity contribution in [2.45, 2.75) is 32.0 Å². The second-order valence-electron chi connectivity index (χ2n) is 6.59. The highest BCUT2D eigenvalue weighted by Crippen LogP contribution is 2.30. The Hall–Kier alpha value is -2.73. The van der Waals surface area contributed by atoms with E-state index in [4.69, 9.17) is 4.74 Å². The molecule has 0 spiro atoms. The van der Waals surface area contributed by atoms with Gasteiger partial charge in [-0.2, -0.15) is 0 Å². The maximum atomic E-state index is 13.5. The highest BCUT2D eigenvalue weighted by atomic mass is 32.1. The lowest BCUT2D eigenvalue weighted by Crippen LogP contribution is -2.32. The predicted octanol–water partition coefficient (Wildman–Crippen LogP) is 4.67. The molecule has 2 aromatic carbocycles. The molecule has 1 fully saturated rings. The molecule has 27 heavy (non-hydrogen) atoms. The van der Waals surface area contributed by atoms with Crippen molar-refractivity contribution in [1.82, 2.24) is 9.88 Å². The van der Waals surface area contributed by atoms with Gasteiger partial charge in [-0.3, -0.25) is 4.79 Å². The Morgan fingerprint density at radius 2 is 2.07 bits per heavy atom. The monoisotopic (exact) mass is 382 g/mol. The molecule has 0 radical (unpaired) electrons. The van der Waals surface area contributed by atoms with Crippen LogP contribution >= 0.6 is 11.3 Å². The van der Waals surface area contributed by atoms with Crippen LogP contribution in [-0.2, 0) is 13.2 Å². The Morgan fingerprint density at radius 3 is 2.81 bits per heavy atom. The van der Waals surface area contributed by atoms with Crippen molar-refractivity contribution < 1.29 is 13.9 Å². The molecule has 1 saturated carbocycles. The summed E-state index contributed by atoms with van der Waals surface area (Å²) in [5, 5.41) is 1.93. The highest BCUT2D eigenvalue weighted by molar-refractivity contribution is 7.07. The molecule has 0 unspecified atom stereocenters. The quantitative estimate of drug-likeness (QED) is 0.597. The van der Waals surface area contributed by atoms with Gasteiger partial charge in [-0.15, -0.1) is 11.3 Å². The molecule has 138 valence electrons. The Kier molecular flexibility index (Phi) is 5.16. The lowest BCUT2D eigenvalue weighted by atomic mass is 10.1. The number of carbonyl (C=O) groups excluding carboxylic acids is 1. The highest BCUT2D eigenvalue weighted by Gasteiger charge is 2.33. The van der Waals surface area contributed by atoms with Crippen LogP contribution < -0.4 is 4.74 Å². The Morgan fingerprint density at radius 1 is 1.22 bits per heavy atom. The number of carbonyl (C=O) groups is 1. The van der Waals surface area contributed by atoms with Crippen LogP contribution in [0.3, 0.4) is 0 Å². The van der Waals surface area contributed by atoms with E-state index in [-0.39, 0.29) is 17.8 Å². The van der Waals surface area contributed by atoms with E-state index >= 15 is 0 Å². The van der Waals surface area contributed by atoms with E-state index in [1.165, 1.54) is 23.5 Å². The first-order valence-electron chi connectivity index (χ1n) is 8.84. The van der Waals surface area contributed by atoms with E-state index in [2.05, 4.69) is 4.98 Å². The Labute approximate surface area is 161 Å². The van der Waals surface area contributed by atoms with E-state index < -0.39 is 0 Å². The van der Waals surface area contributed by atoms with Crippen LogP contribution in [-0.4, -0.2) is 21.8 Å². The second-order valence-corrected chi connectivity index (χ2v) is 7.31. The number of aromatic nitrogens is 1. The summed E-state index contributed by atoms with van der Waals surface area (Å²) in [4.78, 5) is 19.1. The number of ether oxygens (including phenoxy) is 1. The van der Waals surface area contributed by atoms with E-state index in [1.54, 1.807) is 23.7 Å². The summed E-state index contributed by atoms with van der Waals surface area (Å²) in [6, 6.07) is 13.8. The van der Waals surface area contributed by atoms with Crippen LogP contribution in [0.25, 0.3) is 0 Å². The first-order valence-corrected chi connectivity index (χ1v) is 9.78. The number of hydrogen-bond acceptors (Lipinski definition) is 4. The van der Waals surface area contributed by atoms with Crippen LogP contribution in [0, 0.1) is 5.82 Å². The molecule has 0 saturated heterocycles. The maximum absolute atomic E-state index is 13.5. The van der Waals surface area contributed by atoms with Crippen molar-refractivity contribution >= 4 is 17.2 Å². The Balaban J connectivity index is 1.48. The van der Waals surface area contributed by atoms with E-state index in [0.717, 1.165) is 24.1 Å². The lowest BCUT2D eigenvalue weighted by molar-refractivity contribution is 0.0729. The summed E-state index contributed by atoms with van der Waals surface area (Å²) in [6.45, 7) is 0.780. The van der Waals surface area contributed by atoms with Gasteiger partial charge in [0.25, 0.3) is 5.91 Å². The molecule has 1 aromatic heterocycles. The lowest BCUT2D eigenvalue weighted by Gasteiger charge is -2.23. The van der Waals surface area contributed by atoms with Crippen molar-refractivity contribution in [3.8, 4) is 5.75 Å². The molecule has 4 rings (SSSR count). The van der Waals surface area contributed by atoms with E-state index in [1.807, 2.05) is 28.5 Å². The fraction of sp³-hybridized carbons (Fsp3) is 0.238. The molecule has 3 aromatic rings. The Bertz CT molecular complexity index is 925. The minimum absolute atomic E-state index is 0.0548. The molecule has 1 aliphatic carbocycles. The molecule has 6 heteroatoms. The van der Waals surface area contributed by atoms with Crippen molar-refractivity contribution in [3.05, 3.63) is 82.1 Å². The third-order valence-corrected chi connectivity index (χ3v) is 5.08. The summed E-state index contributed by atoms with van der Waals surface area (Å²) in [5.74, 6) is 0.296. The van der Waals surface area contributed by atoms with Gasteiger partial charge in [0.1, 0.15) is 18.2 Å².